The summed E-state index contributed by atoms with van der Waals surface area (Å²) in [6.45, 7) is 1.84. The van der Waals surface area contributed by atoms with E-state index >= 15 is 0 Å². The Labute approximate surface area is 73.6 Å². The molecule has 0 atom stereocenters. The van der Waals surface area contributed by atoms with Gasteiger partial charge in [-0.3, -0.25) is 4.79 Å². The topological polar surface area (TPSA) is 37.3 Å². The van der Waals surface area contributed by atoms with Crippen molar-refractivity contribution < 1.29 is 9.90 Å². The first kappa shape index (κ1) is 78.0. The number of aliphatic carboxylic acids is 1. The molecule has 0 aromatic rings. The maximum absolute atomic E-state index is 9.60. The summed E-state index contributed by atoms with van der Waals surface area (Å²) >= 11 is 0. The molecule has 0 saturated heterocycles. The third-order valence-corrected chi connectivity index (χ3v) is 0.464. The molecule has 12 heavy (non-hydrogen) atoms. The van der Waals surface area contributed by atoms with Gasteiger partial charge in [0, 0.05) is 6.42 Å². The van der Waals surface area contributed by atoms with Crippen LogP contribution in [0.3, 0.4) is 0 Å². The molecule has 0 aromatic heterocycles. The van der Waals surface area contributed by atoms with E-state index in [1.54, 1.807) is 0 Å². The van der Waals surface area contributed by atoms with Gasteiger partial charge in [0.1, 0.15) is 0 Å². The zero-order valence-corrected chi connectivity index (χ0v) is 10.9. The van der Waals surface area contributed by atoms with Crippen LogP contribution in [0, 0.1) is 0 Å². The van der Waals surface area contributed by atoms with Gasteiger partial charge in [0.25, 0.3) is 0 Å². The first-order valence-corrected chi connectivity index (χ1v) is 1.99. The van der Waals surface area contributed by atoms with Gasteiger partial charge in [-0.15, -0.1) is 0 Å². The number of hydrogen-bond donors (Lipinski definition) is 1. The average Bonchev–Trinajstić information content (AvgIpc) is 1.35. The number of carboxylic acid groups (broad SMARTS) is 1. The molecule has 0 spiro atoms. The van der Waals surface area contributed by atoms with Crippen molar-refractivity contribution in [3.63, 3.8) is 0 Å². The standard InChI is InChI=1S/C4H8O2.5CH4.Rf/c1-2-3-4(5)6;;;;;;/h2-3H2,1H3,(H,5,6);5*1H4;. The summed E-state index contributed by atoms with van der Waals surface area (Å²) < 4.78 is 0. The van der Waals surface area contributed by atoms with Crippen LogP contribution >= 0.6 is 0 Å². The van der Waals surface area contributed by atoms with Crippen molar-refractivity contribution in [1.82, 2.24) is 0 Å². The molecule has 0 bridgehead atoms. The second kappa shape index (κ2) is 56.4. The molecule has 0 aliphatic heterocycles. The van der Waals surface area contributed by atoms with Gasteiger partial charge >= 0.3 is 5.97 Å². The van der Waals surface area contributed by atoms with Crippen molar-refractivity contribution in [2.75, 3.05) is 0 Å². The Morgan fingerprint density at radius 2 is 1.33 bits per heavy atom. The third kappa shape index (κ3) is 219. The molecule has 78 valence electrons. The summed E-state index contributed by atoms with van der Waals surface area (Å²) in [4.78, 5) is 9.60. The molecule has 2 nitrogen and oxygen atoms in total. The SMILES string of the molecule is C.C.C.C.C.CCCC(=O)O.[Rf]. The summed E-state index contributed by atoms with van der Waals surface area (Å²) in [6.07, 6.45) is 1.02. The Morgan fingerprint density at radius 1 is 1.08 bits per heavy atom. The second-order valence-corrected chi connectivity index (χ2v) is 1.14. The zero-order valence-electron chi connectivity index (χ0n) is 4.48. The van der Waals surface area contributed by atoms with E-state index in [4.69, 9.17) is 5.11 Å². The van der Waals surface area contributed by atoms with E-state index < -0.39 is 5.97 Å². The van der Waals surface area contributed by atoms with E-state index in [9.17, 15) is 4.79 Å². The molecular formula is C9H28O2Rf. The molecule has 0 saturated carbocycles. The van der Waals surface area contributed by atoms with E-state index in [2.05, 4.69) is 0 Å². The van der Waals surface area contributed by atoms with Crippen LogP contribution in [0.1, 0.15) is 56.9 Å². The minimum atomic E-state index is -0.711. The van der Waals surface area contributed by atoms with E-state index in [0.29, 0.717) is 6.42 Å². The van der Waals surface area contributed by atoms with E-state index in [-0.39, 0.29) is 37.1 Å². The van der Waals surface area contributed by atoms with Crippen LogP contribution in [0.15, 0.2) is 0 Å². The van der Waals surface area contributed by atoms with E-state index in [0.717, 1.165) is 6.42 Å². The van der Waals surface area contributed by atoms with Crippen molar-refractivity contribution in [2.24, 2.45) is 0 Å². The third-order valence-electron chi connectivity index (χ3n) is 0.464. The van der Waals surface area contributed by atoms with E-state index in [1.807, 2.05) is 6.92 Å². The van der Waals surface area contributed by atoms with Gasteiger partial charge in [-0.05, 0) is 6.42 Å². The minimum absolute atomic E-state index is 0. The molecule has 0 aliphatic rings. The summed E-state index contributed by atoms with van der Waals surface area (Å²) in [5.74, 6) is -0.711. The fraction of sp³-hybridized carbons (Fsp3) is 0.889. The number of carbonyl (C=O) groups is 1. The maximum Gasteiger partial charge on any atom is 0.303 e. The van der Waals surface area contributed by atoms with E-state index in [1.165, 1.54) is 0 Å². The molecule has 0 rings (SSSR count). The Balaban J connectivity index is -0.00000000833. The van der Waals surface area contributed by atoms with Crippen LogP contribution < -0.4 is 0 Å². The molecule has 0 radical (unpaired) electrons. The van der Waals surface area contributed by atoms with Crippen LogP contribution in [0.2, 0.25) is 0 Å². The van der Waals surface area contributed by atoms with Crippen LogP contribution in [-0.2, 0) is 4.79 Å². The predicted octanol–water partition coefficient (Wildman–Crippen LogP) is 4.05. The fourth-order valence-electron chi connectivity index (χ4n) is 0.214. The number of rotatable bonds is 2. The normalized spacial score (nSPS) is 4.08. The largest absolute Gasteiger partial charge is 0.481 e. The molecular weight excluding hydrogens is 407 g/mol. The summed E-state index contributed by atoms with van der Waals surface area (Å²) in [5.41, 5.74) is 0. The van der Waals surface area contributed by atoms with Crippen LogP contribution in [-0.4, -0.2) is 11.1 Å². The first-order chi connectivity index (χ1) is 2.77. The predicted molar refractivity (Wildman–Crippen MR) is 56.2 cm³/mol. The van der Waals surface area contributed by atoms with Gasteiger partial charge in [-0.1, -0.05) is 44.1 Å². The quantitative estimate of drug-likeness (QED) is 0.711. The average molecular weight is 435 g/mol. The summed E-state index contributed by atoms with van der Waals surface area (Å²) in [6, 6.07) is 0. The molecule has 0 amide bonds. The number of carboxylic acids is 1. The fourth-order valence-corrected chi connectivity index (χ4v) is 0.214. The molecule has 0 heterocycles. The smallest absolute Gasteiger partial charge is 0.303 e. The molecule has 1 N–H and O–H groups in total. The van der Waals surface area contributed by atoms with Gasteiger partial charge in [-0.2, -0.15) is 0 Å². The van der Waals surface area contributed by atoms with Crippen molar-refractivity contribution >= 4 is 5.97 Å². The van der Waals surface area contributed by atoms with Crippen molar-refractivity contribution in [1.29, 1.82) is 0 Å². The molecule has 0 aliphatic carbocycles. The van der Waals surface area contributed by atoms with Crippen LogP contribution in [0.25, 0.3) is 0 Å². The van der Waals surface area contributed by atoms with Crippen LogP contribution in [0.4, 0.5) is 0 Å². The monoisotopic (exact) mass is 435 g/mol. The second-order valence-electron chi connectivity index (χ2n) is 1.14. The Morgan fingerprint density at radius 3 is 1.33 bits per heavy atom. The summed E-state index contributed by atoms with van der Waals surface area (Å²) in [5, 5.41) is 7.91. The Hall–Kier alpha value is -1.53. The van der Waals surface area contributed by atoms with Crippen molar-refractivity contribution in [3.8, 4) is 0 Å². The van der Waals surface area contributed by atoms with Crippen molar-refractivity contribution in [3.05, 3.63) is 0 Å². The maximum atomic E-state index is 9.60. The van der Waals surface area contributed by atoms with Crippen molar-refractivity contribution in [2.45, 2.75) is 56.9 Å². The molecule has 0 fully saturated rings. The Kier molecular flexibility index (Phi) is 367. The van der Waals surface area contributed by atoms with Gasteiger partial charge in [0.15, 0.2) is 0 Å². The first-order valence-electron chi connectivity index (χ1n) is 1.99. The zero-order chi connectivity index (χ0) is 4.99. The van der Waals surface area contributed by atoms with Gasteiger partial charge in [0.2, 0.25) is 0 Å². The minimum Gasteiger partial charge on any atom is -0.481 e. The Bertz CT molecular complexity index is 56.5. The molecule has 0 aromatic carbocycles. The number of hydrogen-bond acceptors (Lipinski definition) is 1. The van der Waals surface area contributed by atoms with Crippen LogP contribution in [0.5, 0.6) is 0 Å². The van der Waals surface area contributed by atoms with Gasteiger partial charge in [-0.25, -0.2) is 0 Å². The summed E-state index contributed by atoms with van der Waals surface area (Å²) in [7, 11) is 0. The molecule has 0 unspecified atom stereocenters. The molecule has 3 heteroatoms. The van der Waals surface area contributed by atoms with Gasteiger partial charge in [0.05, 0.1) is 0 Å². The van der Waals surface area contributed by atoms with Gasteiger partial charge < -0.3 is 5.11 Å².